The Balaban J connectivity index is 3.60. The first kappa shape index (κ1) is 32.9. The highest BCUT2D eigenvalue weighted by Crippen LogP contribution is 2.16. The summed E-state index contributed by atoms with van der Waals surface area (Å²) in [5, 5.41) is 9.12. The Morgan fingerprint density at radius 2 is 0.912 bits per heavy atom. The molecule has 0 saturated heterocycles. The first-order valence-corrected chi connectivity index (χ1v) is 15.0. The maximum Gasteiger partial charge on any atom is 0.307 e. The molecule has 202 valence electrons. The Morgan fingerprint density at radius 1 is 0.559 bits per heavy atom. The fourth-order valence-corrected chi connectivity index (χ4v) is 4.61. The zero-order valence-corrected chi connectivity index (χ0v) is 22.9. The fraction of sp³-hybridized carbons (Fsp3) is 0.933. The molecule has 0 amide bonds. The number of carbonyl (C=O) groups is 2. The van der Waals surface area contributed by atoms with Gasteiger partial charge in [-0.05, 0) is 19.3 Å². The molecule has 0 aromatic carbocycles. The third kappa shape index (κ3) is 25.6. The predicted octanol–water partition coefficient (Wildman–Crippen LogP) is 9.78. The number of unbranched alkanes of at least 4 members (excludes halogenated alkanes) is 20. The number of carboxylic acid groups (broad SMARTS) is 1. The smallest absolute Gasteiger partial charge is 0.307 e. The Hall–Kier alpha value is -1.06. The second-order valence-electron chi connectivity index (χ2n) is 10.3. The fourth-order valence-electron chi connectivity index (χ4n) is 4.61. The predicted molar refractivity (Wildman–Crippen MR) is 144 cm³/mol. The van der Waals surface area contributed by atoms with Crippen molar-refractivity contribution in [1.29, 1.82) is 0 Å². The minimum atomic E-state index is -0.882. The molecule has 4 heteroatoms. The van der Waals surface area contributed by atoms with Gasteiger partial charge in [0.1, 0.15) is 6.10 Å². The van der Waals surface area contributed by atoms with Crippen LogP contribution >= 0.6 is 0 Å². The molecular formula is C30H58O4. The van der Waals surface area contributed by atoms with Crippen molar-refractivity contribution in [2.45, 2.75) is 180 Å². The maximum atomic E-state index is 12.2. The molecule has 0 heterocycles. The molecule has 4 nitrogen and oxygen atoms in total. The Kier molecular flexibility index (Phi) is 25.7. The number of hydrogen-bond donors (Lipinski definition) is 1. The largest absolute Gasteiger partial charge is 0.481 e. The highest BCUT2D eigenvalue weighted by molar-refractivity contribution is 5.71. The van der Waals surface area contributed by atoms with Crippen LogP contribution in [0.3, 0.4) is 0 Å². The summed E-state index contributed by atoms with van der Waals surface area (Å²) in [5.41, 5.74) is 0. The van der Waals surface area contributed by atoms with E-state index in [9.17, 15) is 9.59 Å². The number of hydrogen-bond acceptors (Lipinski definition) is 3. The summed E-state index contributed by atoms with van der Waals surface area (Å²) in [6.45, 7) is 4.48. The second-order valence-corrected chi connectivity index (χ2v) is 10.3. The molecule has 0 aromatic heterocycles. The van der Waals surface area contributed by atoms with Gasteiger partial charge in [-0.15, -0.1) is 0 Å². The van der Waals surface area contributed by atoms with Gasteiger partial charge in [0.2, 0.25) is 0 Å². The van der Waals surface area contributed by atoms with Crippen molar-refractivity contribution in [1.82, 2.24) is 0 Å². The van der Waals surface area contributed by atoms with Gasteiger partial charge in [-0.1, -0.05) is 142 Å². The van der Waals surface area contributed by atoms with Crippen molar-refractivity contribution in [2.24, 2.45) is 0 Å². The lowest BCUT2D eigenvalue weighted by atomic mass is 10.0. The van der Waals surface area contributed by atoms with E-state index in [0.717, 1.165) is 25.7 Å². The van der Waals surface area contributed by atoms with E-state index >= 15 is 0 Å². The Morgan fingerprint density at radius 3 is 1.29 bits per heavy atom. The van der Waals surface area contributed by atoms with Crippen molar-refractivity contribution >= 4 is 11.9 Å². The van der Waals surface area contributed by atoms with Gasteiger partial charge < -0.3 is 9.84 Å². The van der Waals surface area contributed by atoms with Crippen LogP contribution in [0.5, 0.6) is 0 Å². The highest BCUT2D eigenvalue weighted by atomic mass is 16.5. The normalized spacial score (nSPS) is 12.1. The molecule has 0 aliphatic rings. The molecule has 0 fully saturated rings. The quantitative estimate of drug-likeness (QED) is 0.0934. The van der Waals surface area contributed by atoms with Gasteiger partial charge in [0.05, 0.1) is 6.42 Å². The Labute approximate surface area is 212 Å². The van der Waals surface area contributed by atoms with Gasteiger partial charge in [-0.25, -0.2) is 0 Å². The SMILES string of the molecule is CCCCCCCCCCCCCCCCCC(=O)OC(CCCCCCCCC)CC(=O)O. The summed E-state index contributed by atoms with van der Waals surface area (Å²) in [4.78, 5) is 23.3. The molecule has 0 rings (SSSR count). The molecule has 0 aliphatic carbocycles. The molecule has 1 unspecified atom stereocenters. The zero-order chi connectivity index (χ0) is 25.1. The molecule has 0 bridgehead atoms. The third-order valence-electron chi connectivity index (χ3n) is 6.81. The van der Waals surface area contributed by atoms with Crippen LogP contribution in [0.1, 0.15) is 174 Å². The van der Waals surface area contributed by atoms with Crippen LogP contribution in [0.4, 0.5) is 0 Å². The lowest BCUT2D eigenvalue weighted by Gasteiger charge is -2.16. The zero-order valence-electron chi connectivity index (χ0n) is 22.9. The highest BCUT2D eigenvalue weighted by Gasteiger charge is 2.17. The van der Waals surface area contributed by atoms with E-state index in [2.05, 4.69) is 13.8 Å². The van der Waals surface area contributed by atoms with Gasteiger partial charge in [-0.2, -0.15) is 0 Å². The summed E-state index contributed by atoms with van der Waals surface area (Å²) in [6, 6.07) is 0. The molecule has 0 radical (unpaired) electrons. The number of rotatable bonds is 27. The summed E-state index contributed by atoms with van der Waals surface area (Å²) >= 11 is 0. The van der Waals surface area contributed by atoms with Crippen LogP contribution in [-0.4, -0.2) is 23.1 Å². The lowest BCUT2D eigenvalue weighted by Crippen LogP contribution is -2.21. The topological polar surface area (TPSA) is 63.6 Å². The summed E-state index contributed by atoms with van der Waals surface area (Å²) in [6.07, 6.45) is 28.4. The van der Waals surface area contributed by atoms with Gasteiger partial charge >= 0.3 is 11.9 Å². The number of esters is 1. The van der Waals surface area contributed by atoms with E-state index in [1.165, 1.54) is 116 Å². The second kappa shape index (κ2) is 26.5. The van der Waals surface area contributed by atoms with Crippen LogP contribution in [0, 0.1) is 0 Å². The van der Waals surface area contributed by atoms with Gasteiger partial charge in [0.15, 0.2) is 0 Å². The van der Waals surface area contributed by atoms with Crippen LogP contribution in [0.2, 0.25) is 0 Å². The van der Waals surface area contributed by atoms with E-state index in [-0.39, 0.29) is 12.4 Å². The molecular weight excluding hydrogens is 424 g/mol. The summed E-state index contributed by atoms with van der Waals surface area (Å²) in [5.74, 6) is -1.10. The first-order chi connectivity index (χ1) is 16.6. The molecule has 0 saturated carbocycles. The van der Waals surface area contributed by atoms with E-state index in [4.69, 9.17) is 9.84 Å². The molecule has 0 aromatic rings. The minimum Gasteiger partial charge on any atom is -0.481 e. The monoisotopic (exact) mass is 482 g/mol. The number of carboxylic acids is 1. The standard InChI is InChI=1S/C30H58O4/c1-3-5-7-9-11-12-13-14-15-16-17-18-20-22-24-26-30(33)34-28(27-29(31)32)25-23-21-19-10-8-6-4-2/h28H,3-27H2,1-2H3,(H,31,32). The van der Waals surface area contributed by atoms with Crippen LogP contribution < -0.4 is 0 Å². The molecule has 0 aliphatic heterocycles. The summed E-state index contributed by atoms with van der Waals surface area (Å²) < 4.78 is 5.51. The van der Waals surface area contributed by atoms with E-state index in [0.29, 0.717) is 12.8 Å². The van der Waals surface area contributed by atoms with Crippen LogP contribution in [0.15, 0.2) is 0 Å². The number of carbonyl (C=O) groups excluding carboxylic acids is 1. The first-order valence-electron chi connectivity index (χ1n) is 15.0. The molecule has 0 spiro atoms. The Bertz CT molecular complexity index is 449. The van der Waals surface area contributed by atoms with Gasteiger partial charge in [-0.3, -0.25) is 9.59 Å². The summed E-state index contributed by atoms with van der Waals surface area (Å²) in [7, 11) is 0. The lowest BCUT2D eigenvalue weighted by molar-refractivity contribution is -0.153. The number of aliphatic carboxylic acids is 1. The average Bonchev–Trinajstić information content (AvgIpc) is 2.80. The number of ether oxygens (including phenoxy) is 1. The van der Waals surface area contributed by atoms with Crippen LogP contribution in [0.25, 0.3) is 0 Å². The van der Waals surface area contributed by atoms with Crippen molar-refractivity contribution < 1.29 is 19.4 Å². The van der Waals surface area contributed by atoms with E-state index in [1.54, 1.807) is 0 Å². The van der Waals surface area contributed by atoms with Gasteiger partial charge in [0, 0.05) is 6.42 Å². The van der Waals surface area contributed by atoms with Crippen molar-refractivity contribution in [3.63, 3.8) is 0 Å². The molecule has 1 atom stereocenters. The van der Waals surface area contributed by atoms with Crippen molar-refractivity contribution in [3.05, 3.63) is 0 Å². The third-order valence-corrected chi connectivity index (χ3v) is 6.81. The van der Waals surface area contributed by atoms with Crippen LogP contribution in [-0.2, 0) is 14.3 Å². The average molecular weight is 483 g/mol. The molecule has 1 N–H and O–H groups in total. The molecule has 34 heavy (non-hydrogen) atoms. The van der Waals surface area contributed by atoms with Crippen molar-refractivity contribution in [3.8, 4) is 0 Å². The van der Waals surface area contributed by atoms with Crippen molar-refractivity contribution in [2.75, 3.05) is 0 Å². The van der Waals surface area contributed by atoms with Gasteiger partial charge in [0.25, 0.3) is 0 Å². The maximum absolute atomic E-state index is 12.2. The van der Waals surface area contributed by atoms with E-state index in [1.807, 2.05) is 0 Å². The minimum absolute atomic E-state index is 0.0690. The van der Waals surface area contributed by atoms with E-state index < -0.39 is 12.1 Å².